The first-order valence-electron chi connectivity index (χ1n) is 9.99. The zero-order valence-electron chi connectivity index (χ0n) is 17.0. The first-order chi connectivity index (χ1) is 15.1. The van der Waals surface area contributed by atoms with Gasteiger partial charge in [0.15, 0.2) is 0 Å². The molecule has 0 saturated heterocycles. The van der Waals surface area contributed by atoms with Crippen LogP contribution in [-0.2, 0) is 0 Å². The van der Waals surface area contributed by atoms with Crippen molar-refractivity contribution >= 4 is 17.6 Å². The minimum Gasteiger partial charge on any atom is -0.345 e. The summed E-state index contributed by atoms with van der Waals surface area (Å²) in [6.45, 7) is 1.91. The van der Waals surface area contributed by atoms with Gasteiger partial charge in [-0.25, -0.2) is 4.68 Å². The Labute approximate surface area is 180 Å². The number of rotatable bonds is 6. The molecule has 0 fully saturated rings. The molecule has 2 amide bonds. The summed E-state index contributed by atoms with van der Waals surface area (Å²) in [4.78, 5) is 25.9. The number of para-hydroxylation sites is 1. The molecule has 2 N–H and O–H groups in total. The van der Waals surface area contributed by atoms with Crippen LogP contribution in [0, 0.1) is 0 Å². The Balaban J connectivity index is 1.66. The molecule has 6 heteroatoms. The lowest BCUT2D eigenvalue weighted by Crippen LogP contribution is -2.28. The van der Waals surface area contributed by atoms with Gasteiger partial charge in [-0.15, -0.1) is 0 Å². The van der Waals surface area contributed by atoms with Crippen molar-refractivity contribution < 1.29 is 9.59 Å². The van der Waals surface area contributed by atoms with Gasteiger partial charge < -0.3 is 10.6 Å². The lowest BCUT2D eigenvalue weighted by molar-refractivity contribution is 0.0941. The number of nitrogens with zero attached hydrogens (tertiary/aromatic N) is 2. The Kier molecular flexibility index (Phi) is 5.89. The summed E-state index contributed by atoms with van der Waals surface area (Å²) in [5.41, 5.74) is 2.51. The second-order valence-electron chi connectivity index (χ2n) is 7.08. The lowest BCUT2D eigenvalue weighted by Gasteiger charge is -2.15. The van der Waals surface area contributed by atoms with Crippen molar-refractivity contribution in [3.05, 3.63) is 114 Å². The average Bonchev–Trinajstić information content (AvgIpc) is 3.24. The number of nitrogens with one attached hydrogen (secondary N) is 2. The summed E-state index contributed by atoms with van der Waals surface area (Å²) in [5, 5.41) is 10.2. The van der Waals surface area contributed by atoms with Gasteiger partial charge in [-0.1, -0.05) is 66.7 Å². The van der Waals surface area contributed by atoms with Crippen LogP contribution in [0.25, 0.3) is 5.69 Å². The smallest absolute Gasteiger partial charge is 0.257 e. The first kappa shape index (κ1) is 20.1. The van der Waals surface area contributed by atoms with Gasteiger partial charge in [0.1, 0.15) is 11.4 Å². The minimum absolute atomic E-state index is 0.202. The van der Waals surface area contributed by atoms with Crippen LogP contribution >= 0.6 is 0 Å². The van der Waals surface area contributed by atoms with Crippen LogP contribution < -0.4 is 10.6 Å². The fourth-order valence-corrected chi connectivity index (χ4v) is 3.27. The molecule has 0 unspecified atom stereocenters. The number of carbonyl (C=O) groups excluding carboxylic acids is 2. The van der Waals surface area contributed by atoms with Crippen molar-refractivity contribution in [2.45, 2.75) is 13.0 Å². The maximum Gasteiger partial charge on any atom is 0.257 e. The summed E-state index contributed by atoms with van der Waals surface area (Å²) in [6.07, 6.45) is 1.47. The predicted octanol–water partition coefficient (Wildman–Crippen LogP) is 4.62. The maximum absolute atomic E-state index is 13.1. The highest BCUT2D eigenvalue weighted by molar-refractivity contribution is 6.08. The van der Waals surface area contributed by atoms with Gasteiger partial charge in [0.05, 0.1) is 17.9 Å². The highest BCUT2D eigenvalue weighted by Gasteiger charge is 2.22. The molecular formula is C25H22N4O2. The average molecular weight is 410 g/mol. The number of hydrogen-bond acceptors (Lipinski definition) is 3. The van der Waals surface area contributed by atoms with Crippen molar-refractivity contribution in [3.8, 4) is 5.69 Å². The molecule has 0 spiro atoms. The molecule has 6 nitrogen and oxygen atoms in total. The molecule has 0 radical (unpaired) electrons. The van der Waals surface area contributed by atoms with Crippen LogP contribution in [0.5, 0.6) is 0 Å². The Morgan fingerprint density at radius 3 is 2.03 bits per heavy atom. The summed E-state index contributed by atoms with van der Waals surface area (Å²) in [7, 11) is 0. The van der Waals surface area contributed by atoms with Gasteiger partial charge in [0.2, 0.25) is 0 Å². The van der Waals surface area contributed by atoms with E-state index in [1.165, 1.54) is 6.20 Å². The molecule has 0 aliphatic heterocycles. The van der Waals surface area contributed by atoms with E-state index in [1.54, 1.807) is 28.9 Å². The highest BCUT2D eigenvalue weighted by atomic mass is 16.2. The third-order valence-corrected chi connectivity index (χ3v) is 4.93. The van der Waals surface area contributed by atoms with E-state index in [9.17, 15) is 9.59 Å². The second-order valence-corrected chi connectivity index (χ2v) is 7.08. The van der Waals surface area contributed by atoms with Crippen LogP contribution in [0.2, 0.25) is 0 Å². The maximum atomic E-state index is 13.1. The SMILES string of the molecule is C[C@H](NC(=O)c1cnn(-c2ccccc2)c1NC(=O)c1ccccc1)c1ccccc1. The quantitative estimate of drug-likeness (QED) is 0.487. The van der Waals surface area contributed by atoms with Gasteiger partial charge in [-0.3, -0.25) is 9.59 Å². The molecule has 154 valence electrons. The molecule has 0 aliphatic rings. The molecule has 3 aromatic carbocycles. The minimum atomic E-state index is -0.318. The van der Waals surface area contributed by atoms with Gasteiger partial charge in [-0.05, 0) is 36.8 Å². The van der Waals surface area contributed by atoms with Gasteiger partial charge in [0, 0.05) is 5.56 Å². The molecule has 4 rings (SSSR count). The summed E-state index contributed by atoms with van der Waals surface area (Å²) >= 11 is 0. The van der Waals surface area contributed by atoms with E-state index in [4.69, 9.17) is 0 Å². The monoisotopic (exact) mass is 410 g/mol. The van der Waals surface area contributed by atoms with E-state index >= 15 is 0 Å². The standard InChI is InChI=1S/C25H22N4O2/c1-18(19-11-5-2-6-12-19)27-25(31)22-17-26-29(21-15-9-4-10-16-21)23(22)28-24(30)20-13-7-3-8-14-20/h2-18H,1H3,(H,27,31)(H,28,30)/t18-/m0/s1. The van der Waals surface area contributed by atoms with Crippen molar-refractivity contribution in [2.24, 2.45) is 0 Å². The van der Waals surface area contributed by atoms with E-state index in [1.807, 2.05) is 73.7 Å². The topological polar surface area (TPSA) is 76.0 Å². The summed E-state index contributed by atoms with van der Waals surface area (Å²) < 4.78 is 1.56. The van der Waals surface area contributed by atoms with Crippen LogP contribution in [0.15, 0.2) is 97.2 Å². The number of aromatic nitrogens is 2. The van der Waals surface area contributed by atoms with E-state index < -0.39 is 0 Å². The number of anilines is 1. The van der Waals surface area contributed by atoms with E-state index in [0.717, 1.165) is 11.3 Å². The summed E-state index contributed by atoms with van der Waals surface area (Å²) in [6, 6.07) is 27.7. The zero-order valence-corrected chi connectivity index (χ0v) is 17.0. The molecule has 1 atom stereocenters. The fraction of sp³-hybridized carbons (Fsp3) is 0.0800. The number of carbonyl (C=O) groups is 2. The third kappa shape index (κ3) is 4.53. The molecular weight excluding hydrogens is 388 g/mol. The number of hydrogen-bond donors (Lipinski definition) is 2. The molecule has 1 aromatic heterocycles. The Bertz CT molecular complexity index is 1170. The van der Waals surface area contributed by atoms with Crippen molar-refractivity contribution in [2.75, 3.05) is 5.32 Å². The summed E-state index contributed by atoms with van der Waals surface area (Å²) in [5.74, 6) is -0.317. The second kappa shape index (κ2) is 9.09. The normalized spacial score (nSPS) is 11.5. The molecule has 4 aromatic rings. The Hall–Kier alpha value is -4.19. The fourth-order valence-electron chi connectivity index (χ4n) is 3.27. The molecule has 1 heterocycles. The third-order valence-electron chi connectivity index (χ3n) is 4.93. The van der Waals surface area contributed by atoms with Crippen LogP contribution in [0.4, 0.5) is 5.82 Å². The molecule has 0 saturated carbocycles. The van der Waals surface area contributed by atoms with Crippen molar-refractivity contribution in [1.82, 2.24) is 15.1 Å². The number of amides is 2. The predicted molar refractivity (Wildman–Crippen MR) is 120 cm³/mol. The van der Waals surface area contributed by atoms with Crippen molar-refractivity contribution in [3.63, 3.8) is 0 Å². The molecule has 0 bridgehead atoms. The lowest BCUT2D eigenvalue weighted by atomic mass is 10.1. The van der Waals surface area contributed by atoms with E-state index in [2.05, 4.69) is 15.7 Å². The highest BCUT2D eigenvalue weighted by Crippen LogP contribution is 2.22. The molecule has 31 heavy (non-hydrogen) atoms. The van der Waals surface area contributed by atoms with Gasteiger partial charge >= 0.3 is 0 Å². The number of benzene rings is 3. The van der Waals surface area contributed by atoms with Crippen LogP contribution in [0.1, 0.15) is 39.2 Å². The molecule has 0 aliphatic carbocycles. The van der Waals surface area contributed by atoms with E-state index in [-0.39, 0.29) is 23.4 Å². The van der Waals surface area contributed by atoms with Crippen LogP contribution in [0.3, 0.4) is 0 Å². The van der Waals surface area contributed by atoms with Gasteiger partial charge in [-0.2, -0.15) is 5.10 Å². The van der Waals surface area contributed by atoms with Gasteiger partial charge in [0.25, 0.3) is 11.8 Å². The zero-order chi connectivity index (χ0) is 21.6. The Morgan fingerprint density at radius 1 is 0.806 bits per heavy atom. The van der Waals surface area contributed by atoms with E-state index in [0.29, 0.717) is 11.4 Å². The van der Waals surface area contributed by atoms with Crippen LogP contribution in [-0.4, -0.2) is 21.6 Å². The Morgan fingerprint density at radius 2 is 1.39 bits per heavy atom. The first-order valence-corrected chi connectivity index (χ1v) is 9.99. The van der Waals surface area contributed by atoms with Crippen molar-refractivity contribution in [1.29, 1.82) is 0 Å². The largest absolute Gasteiger partial charge is 0.345 e.